The number of nitrogens with one attached hydrogen (secondary N) is 2. The van der Waals surface area contributed by atoms with Crippen LogP contribution in [0.1, 0.15) is 29.3 Å². The summed E-state index contributed by atoms with van der Waals surface area (Å²) in [4.78, 5) is 23.9. The molecule has 0 saturated heterocycles. The van der Waals surface area contributed by atoms with Crippen LogP contribution in [0.5, 0.6) is 11.5 Å². The molecule has 2 amide bonds. The zero-order chi connectivity index (χ0) is 21.2. The van der Waals surface area contributed by atoms with Gasteiger partial charge in [0.1, 0.15) is 0 Å². The Kier molecular flexibility index (Phi) is 8.76. The lowest BCUT2D eigenvalue weighted by atomic mass is 10.2. The van der Waals surface area contributed by atoms with Crippen LogP contribution < -0.4 is 20.2 Å². The van der Waals surface area contributed by atoms with Gasteiger partial charge in [-0.2, -0.15) is 5.10 Å². The van der Waals surface area contributed by atoms with E-state index in [0.29, 0.717) is 28.7 Å². The molecule has 7 nitrogen and oxygen atoms in total. The van der Waals surface area contributed by atoms with Gasteiger partial charge in [0.25, 0.3) is 5.91 Å². The summed E-state index contributed by atoms with van der Waals surface area (Å²) in [6, 6.07) is 9.86. The summed E-state index contributed by atoms with van der Waals surface area (Å²) in [6.07, 6.45) is 1.56. The fourth-order valence-corrected chi connectivity index (χ4v) is 2.60. The lowest BCUT2D eigenvalue weighted by Gasteiger charge is -2.09. The summed E-state index contributed by atoms with van der Waals surface area (Å²) in [5.74, 6) is 0.525. The maximum absolute atomic E-state index is 12.0. The quantitative estimate of drug-likeness (QED) is 0.462. The number of halogens is 2. The van der Waals surface area contributed by atoms with Crippen LogP contribution in [0.25, 0.3) is 0 Å². The first-order valence-electron chi connectivity index (χ1n) is 8.80. The number of hydrogen-bond acceptors (Lipinski definition) is 5. The fourth-order valence-electron chi connectivity index (χ4n) is 2.31. The average Bonchev–Trinajstić information content (AvgIpc) is 2.70. The molecule has 2 aromatic rings. The Morgan fingerprint density at radius 1 is 1.10 bits per heavy atom. The van der Waals surface area contributed by atoms with Crippen LogP contribution in [0, 0.1) is 0 Å². The zero-order valence-electron chi connectivity index (χ0n) is 16.0. The second-order valence-corrected chi connectivity index (χ2v) is 6.59. The summed E-state index contributed by atoms with van der Waals surface area (Å²) < 4.78 is 10.7. The van der Waals surface area contributed by atoms with Crippen LogP contribution in [-0.2, 0) is 4.79 Å². The van der Waals surface area contributed by atoms with E-state index in [-0.39, 0.29) is 29.8 Å². The molecule has 0 fully saturated rings. The van der Waals surface area contributed by atoms with Crippen molar-refractivity contribution in [2.75, 3.05) is 20.3 Å². The maximum Gasteiger partial charge on any atom is 0.251 e. The summed E-state index contributed by atoms with van der Waals surface area (Å²) >= 11 is 11.7. The minimum absolute atomic E-state index is 0.0667. The van der Waals surface area contributed by atoms with E-state index in [4.69, 9.17) is 32.7 Å². The number of carbonyl (C=O) groups excluding carboxylic acids is 2. The molecular weight excluding hydrogens is 417 g/mol. The van der Waals surface area contributed by atoms with E-state index < -0.39 is 0 Å². The number of carbonyl (C=O) groups is 2. The Labute approximate surface area is 179 Å². The normalized spacial score (nSPS) is 10.6. The highest BCUT2D eigenvalue weighted by Crippen LogP contribution is 2.27. The Balaban J connectivity index is 1.80. The molecule has 0 spiro atoms. The van der Waals surface area contributed by atoms with Crippen LogP contribution in [-0.4, -0.2) is 38.3 Å². The number of nitrogens with zero attached hydrogens (tertiary/aromatic N) is 1. The van der Waals surface area contributed by atoms with Gasteiger partial charge in [0, 0.05) is 18.5 Å². The SMILES string of the molecule is CCOc1cc(C=NNC(=O)CCNC(=O)c2ccc(Cl)c(Cl)c2)ccc1OC. The number of rotatable bonds is 9. The van der Waals surface area contributed by atoms with Crippen molar-refractivity contribution in [3.63, 3.8) is 0 Å². The van der Waals surface area contributed by atoms with Gasteiger partial charge in [-0.05, 0) is 48.9 Å². The van der Waals surface area contributed by atoms with Gasteiger partial charge in [-0.25, -0.2) is 5.43 Å². The first-order valence-corrected chi connectivity index (χ1v) is 9.56. The van der Waals surface area contributed by atoms with Gasteiger partial charge in [-0.15, -0.1) is 0 Å². The van der Waals surface area contributed by atoms with Gasteiger partial charge < -0.3 is 14.8 Å². The molecule has 2 aromatic carbocycles. The number of ether oxygens (including phenoxy) is 2. The van der Waals surface area contributed by atoms with E-state index in [2.05, 4.69) is 15.8 Å². The number of methoxy groups -OCH3 is 1. The Morgan fingerprint density at radius 2 is 1.90 bits per heavy atom. The third-order valence-corrected chi connectivity index (χ3v) is 4.45. The van der Waals surface area contributed by atoms with Gasteiger partial charge >= 0.3 is 0 Å². The predicted octanol–water partition coefficient (Wildman–Crippen LogP) is 3.67. The molecule has 0 unspecified atom stereocenters. The molecule has 9 heteroatoms. The van der Waals surface area contributed by atoms with Crippen LogP contribution >= 0.6 is 23.2 Å². The van der Waals surface area contributed by atoms with Crippen molar-refractivity contribution in [1.82, 2.24) is 10.7 Å². The third-order valence-electron chi connectivity index (χ3n) is 3.71. The number of hydrogen-bond donors (Lipinski definition) is 2. The highest BCUT2D eigenvalue weighted by molar-refractivity contribution is 6.42. The minimum Gasteiger partial charge on any atom is -0.493 e. The largest absolute Gasteiger partial charge is 0.493 e. The second-order valence-electron chi connectivity index (χ2n) is 5.77. The lowest BCUT2D eigenvalue weighted by molar-refractivity contribution is -0.120. The van der Waals surface area contributed by atoms with Crippen molar-refractivity contribution in [3.05, 3.63) is 57.6 Å². The minimum atomic E-state index is -0.346. The highest BCUT2D eigenvalue weighted by Gasteiger charge is 2.09. The van der Waals surface area contributed by atoms with Crippen molar-refractivity contribution >= 4 is 41.2 Å². The third kappa shape index (κ3) is 6.96. The van der Waals surface area contributed by atoms with Crippen LogP contribution in [0.3, 0.4) is 0 Å². The monoisotopic (exact) mass is 437 g/mol. The van der Waals surface area contributed by atoms with Crippen molar-refractivity contribution in [3.8, 4) is 11.5 Å². The Hall–Kier alpha value is -2.77. The molecule has 154 valence electrons. The molecular formula is C20H21Cl2N3O4. The first-order chi connectivity index (χ1) is 13.9. The topological polar surface area (TPSA) is 89.0 Å². The van der Waals surface area contributed by atoms with Crippen LogP contribution in [0.15, 0.2) is 41.5 Å². The molecule has 2 rings (SSSR count). The molecule has 0 heterocycles. The van der Waals surface area contributed by atoms with Gasteiger partial charge in [-0.1, -0.05) is 23.2 Å². The van der Waals surface area contributed by atoms with Crippen LogP contribution in [0.2, 0.25) is 10.0 Å². The van der Waals surface area contributed by atoms with E-state index in [1.807, 2.05) is 6.92 Å². The van der Waals surface area contributed by atoms with Gasteiger partial charge in [-0.3, -0.25) is 9.59 Å². The van der Waals surface area contributed by atoms with E-state index in [1.165, 1.54) is 18.3 Å². The molecule has 0 aliphatic rings. The molecule has 29 heavy (non-hydrogen) atoms. The Bertz CT molecular complexity index is 903. The number of benzene rings is 2. The maximum atomic E-state index is 12.0. The smallest absolute Gasteiger partial charge is 0.251 e. The molecule has 0 aliphatic heterocycles. The lowest BCUT2D eigenvalue weighted by Crippen LogP contribution is -2.29. The number of hydrazone groups is 1. The molecule has 0 aromatic heterocycles. The van der Waals surface area contributed by atoms with Crippen LogP contribution in [0.4, 0.5) is 0 Å². The molecule has 0 atom stereocenters. The van der Waals surface area contributed by atoms with Gasteiger partial charge in [0.15, 0.2) is 11.5 Å². The highest BCUT2D eigenvalue weighted by atomic mass is 35.5. The van der Waals surface area contributed by atoms with E-state index in [0.717, 1.165) is 5.56 Å². The first kappa shape index (κ1) is 22.5. The van der Waals surface area contributed by atoms with E-state index in [9.17, 15) is 9.59 Å². The van der Waals surface area contributed by atoms with Gasteiger partial charge in [0.2, 0.25) is 5.91 Å². The van der Waals surface area contributed by atoms with Crippen molar-refractivity contribution in [1.29, 1.82) is 0 Å². The van der Waals surface area contributed by atoms with Crippen molar-refractivity contribution in [2.24, 2.45) is 5.10 Å². The molecule has 2 N–H and O–H groups in total. The van der Waals surface area contributed by atoms with E-state index >= 15 is 0 Å². The second kappa shape index (κ2) is 11.3. The molecule has 0 aliphatic carbocycles. The Morgan fingerprint density at radius 3 is 2.59 bits per heavy atom. The predicted molar refractivity (Wildman–Crippen MR) is 113 cm³/mol. The summed E-state index contributed by atoms with van der Waals surface area (Å²) in [5, 5.41) is 7.20. The summed E-state index contributed by atoms with van der Waals surface area (Å²) in [7, 11) is 1.56. The van der Waals surface area contributed by atoms with Crippen molar-refractivity contribution < 1.29 is 19.1 Å². The summed E-state index contributed by atoms with van der Waals surface area (Å²) in [6.45, 7) is 2.53. The van der Waals surface area contributed by atoms with Crippen molar-refractivity contribution in [2.45, 2.75) is 13.3 Å². The summed E-state index contributed by atoms with van der Waals surface area (Å²) in [5.41, 5.74) is 3.51. The number of amides is 2. The standard InChI is InChI=1S/C20H21Cl2N3O4/c1-3-29-18-10-13(4-7-17(18)28-2)12-24-25-19(26)8-9-23-20(27)14-5-6-15(21)16(22)11-14/h4-7,10-12H,3,8-9H2,1-2H3,(H,23,27)(H,25,26). The molecule has 0 bridgehead atoms. The fraction of sp³-hybridized carbons (Fsp3) is 0.250. The molecule has 0 radical (unpaired) electrons. The average molecular weight is 438 g/mol. The molecule has 0 saturated carbocycles. The van der Waals surface area contributed by atoms with E-state index in [1.54, 1.807) is 31.4 Å². The van der Waals surface area contributed by atoms with Gasteiger partial charge in [0.05, 0.1) is 30.0 Å². The zero-order valence-corrected chi connectivity index (χ0v) is 17.5.